The van der Waals surface area contributed by atoms with Crippen LogP contribution in [0.1, 0.15) is 34.6 Å². The molecule has 4 rings (SSSR count). The first-order chi connectivity index (χ1) is 16.3. The number of hydrogen-bond donors (Lipinski definition) is 1. The predicted octanol–water partition coefficient (Wildman–Crippen LogP) is 2.94. The van der Waals surface area contributed by atoms with Crippen molar-refractivity contribution < 1.29 is 31.1 Å². The molecule has 1 amide bonds. The van der Waals surface area contributed by atoms with Crippen LogP contribution < -0.4 is 4.72 Å². The van der Waals surface area contributed by atoms with Gasteiger partial charge in [-0.15, -0.1) is 0 Å². The van der Waals surface area contributed by atoms with E-state index in [2.05, 4.69) is 15.2 Å². The van der Waals surface area contributed by atoms with E-state index in [1.807, 2.05) is 4.72 Å². The number of aromatic nitrogens is 5. The van der Waals surface area contributed by atoms with E-state index in [0.29, 0.717) is 11.4 Å². The lowest BCUT2D eigenvalue weighted by atomic mass is 10.1. The van der Waals surface area contributed by atoms with Crippen molar-refractivity contribution in [3.8, 4) is 5.82 Å². The molecular weight excluding hydrogens is 513 g/mol. The van der Waals surface area contributed by atoms with Crippen LogP contribution in [-0.4, -0.2) is 51.7 Å². The summed E-state index contributed by atoms with van der Waals surface area (Å²) in [6.45, 7) is 0.989. The Morgan fingerprint density at radius 2 is 2.00 bits per heavy atom. The molecule has 0 bridgehead atoms. The number of carbonyl (C=O) groups excluding carboxylic acids is 1. The normalized spacial score (nSPS) is 15.3. The van der Waals surface area contributed by atoms with Crippen LogP contribution in [0, 0.1) is 12.3 Å². The zero-order valence-electron chi connectivity index (χ0n) is 18.5. The molecule has 0 radical (unpaired) electrons. The van der Waals surface area contributed by atoms with Crippen LogP contribution in [0.5, 0.6) is 0 Å². The number of sulfonamides is 1. The molecule has 3 heterocycles. The average molecular weight is 533 g/mol. The number of nitrogens with one attached hydrogen (secondary N) is 1. The van der Waals surface area contributed by atoms with Crippen LogP contribution in [0.25, 0.3) is 5.82 Å². The number of halogens is 4. The quantitative estimate of drug-likeness (QED) is 0.443. The second-order valence-corrected chi connectivity index (χ2v) is 10.2. The molecule has 0 saturated heterocycles. The molecule has 1 saturated carbocycles. The predicted molar refractivity (Wildman–Crippen MR) is 116 cm³/mol. The highest BCUT2D eigenvalue weighted by atomic mass is 35.5. The van der Waals surface area contributed by atoms with Crippen LogP contribution in [0.3, 0.4) is 0 Å². The van der Waals surface area contributed by atoms with E-state index in [1.54, 1.807) is 20.0 Å². The Morgan fingerprint density at radius 3 is 2.57 bits per heavy atom. The van der Waals surface area contributed by atoms with Gasteiger partial charge in [0, 0.05) is 13.2 Å². The van der Waals surface area contributed by atoms with E-state index in [4.69, 9.17) is 16.3 Å². The zero-order chi connectivity index (χ0) is 25.6. The number of ether oxygens (including phenoxy) is 1. The summed E-state index contributed by atoms with van der Waals surface area (Å²) >= 11 is 6.12. The number of carbonyl (C=O) groups is 1. The molecule has 1 aliphatic rings. The fourth-order valence-corrected chi connectivity index (χ4v) is 4.68. The van der Waals surface area contributed by atoms with Crippen molar-refractivity contribution in [2.75, 3.05) is 6.61 Å². The number of rotatable bonds is 8. The largest absolute Gasteiger partial charge is 0.396 e. The van der Waals surface area contributed by atoms with Crippen LogP contribution in [0.15, 0.2) is 35.5 Å². The summed E-state index contributed by atoms with van der Waals surface area (Å²) < 4.78 is 73.8. The molecule has 15 heteroatoms. The fourth-order valence-electron chi connectivity index (χ4n) is 3.27. The number of hydrogen-bond acceptors (Lipinski definition) is 7. The Balaban J connectivity index is 1.42. The van der Waals surface area contributed by atoms with E-state index in [1.165, 1.54) is 27.7 Å². The standard InChI is InChI=1S/C20H20ClF3N6O4S/c1-12-15(9-25-29(12)2)35(32,33)28-18(31)14-3-4-16(26-17(14)21)30-8-5-13(27-30)10-34-11-19(6-7-19)20(22,23)24/h3-5,8-9H,6-7,10-11H2,1-2H3,(H,28,31). The van der Waals surface area contributed by atoms with Crippen molar-refractivity contribution in [2.24, 2.45) is 12.5 Å². The Labute approximate surface area is 203 Å². The number of nitrogens with zero attached hydrogens (tertiary/aromatic N) is 5. The highest BCUT2D eigenvalue weighted by Gasteiger charge is 2.63. The maximum absolute atomic E-state index is 13.0. The highest BCUT2D eigenvalue weighted by Crippen LogP contribution is 2.57. The highest BCUT2D eigenvalue weighted by molar-refractivity contribution is 7.90. The van der Waals surface area contributed by atoms with Gasteiger partial charge in [0.15, 0.2) is 5.82 Å². The molecule has 35 heavy (non-hydrogen) atoms. The Bertz CT molecular complexity index is 1380. The minimum atomic E-state index is -4.29. The summed E-state index contributed by atoms with van der Waals surface area (Å²) in [5.74, 6) is -0.775. The average Bonchev–Trinajstić information content (AvgIpc) is 3.29. The topological polar surface area (TPSA) is 121 Å². The van der Waals surface area contributed by atoms with Crippen molar-refractivity contribution in [2.45, 2.75) is 37.4 Å². The summed E-state index contributed by atoms with van der Waals surface area (Å²) in [5, 5.41) is 7.77. The SMILES string of the molecule is Cc1c(S(=O)(=O)NC(=O)c2ccc(-n3ccc(COCC4(C(F)(F)F)CC4)n3)nc2Cl)cnn1C. The summed E-state index contributed by atoms with van der Waals surface area (Å²) in [4.78, 5) is 16.5. The minimum Gasteiger partial charge on any atom is -0.374 e. The van der Waals surface area contributed by atoms with E-state index in [0.717, 1.165) is 6.20 Å². The van der Waals surface area contributed by atoms with Gasteiger partial charge in [0.1, 0.15) is 10.0 Å². The first-order valence-corrected chi connectivity index (χ1v) is 12.1. The molecule has 0 unspecified atom stereocenters. The van der Waals surface area contributed by atoms with Crippen LogP contribution in [0.4, 0.5) is 13.2 Å². The molecule has 1 aliphatic carbocycles. The molecule has 1 N–H and O–H groups in total. The lowest BCUT2D eigenvalue weighted by Gasteiger charge is -2.18. The van der Waals surface area contributed by atoms with Gasteiger partial charge in [0.25, 0.3) is 15.9 Å². The van der Waals surface area contributed by atoms with Crippen LogP contribution >= 0.6 is 11.6 Å². The second-order valence-electron chi connectivity index (χ2n) is 8.18. The fraction of sp³-hybridized carbons (Fsp3) is 0.400. The van der Waals surface area contributed by atoms with Gasteiger partial charge in [-0.3, -0.25) is 9.48 Å². The molecule has 0 aromatic carbocycles. The van der Waals surface area contributed by atoms with E-state index < -0.39 is 34.1 Å². The second kappa shape index (κ2) is 8.91. The van der Waals surface area contributed by atoms with Crippen molar-refractivity contribution in [3.05, 3.63) is 52.7 Å². The Hall–Kier alpha value is -2.97. The van der Waals surface area contributed by atoms with Crippen molar-refractivity contribution in [3.63, 3.8) is 0 Å². The molecule has 188 valence electrons. The molecule has 1 fully saturated rings. The number of alkyl halides is 3. The third kappa shape index (κ3) is 5.04. The van der Waals surface area contributed by atoms with Gasteiger partial charge < -0.3 is 4.74 Å². The monoisotopic (exact) mass is 532 g/mol. The first kappa shape index (κ1) is 25.1. The summed E-state index contributed by atoms with van der Waals surface area (Å²) in [6, 6.07) is 4.22. The number of aryl methyl sites for hydroxylation is 1. The molecular formula is C20H20ClF3N6O4S. The number of amides is 1. The Kier molecular flexibility index (Phi) is 6.40. The van der Waals surface area contributed by atoms with Crippen molar-refractivity contribution in [1.82, 2.24) is 29.3 Å². The van der Waals surface area contributed by atoms with Gasteiger partial charge in [-0.1, -0.05) is 11.6 Å². The third-order valence-electron chi connectivity index (χ3n) is 5.75. The lowest BCUT2D eigenvalue weighted by molar-refractivity contribution is -0.202. The van der Waals surface area contributed by atoms with Gasteiger partial charge in [0.2, 0.25) is 0 Å². The van der Waals surface area contributed by atoms with Gasteiger partial charge in [-0.2, -0.15) is 23.4 Å². The van der Waals surface area contributed by atoms with Gasteiger partial charge in [-0.25, -0.2) is 22.8 Å². The molecule has 3 aromatic heterocycles. The minimum absolute atomic E-state index is 0.0520. The van der Waals surface area contributed by atoms with Crippen molar-refractivity contribution >= 4 is 27.5 Å². The van der Waals surface area contributed by atoms with Gasteiger partial charge in [0.05, 0.1) is 41.8 Å². The Morgan fingerprint density at radius 1 is 1.29 bits per heavy atom. The van der Waals surface area contributed by atoms with Crippen LogP contribution in [0.2, 0.25) is 5.15 Å². The first-order valence-electron chi connectivity index (χ1n) is 10.2. The molecule has 3 aromatic rings. The lowest BCUT2D eigenvalue weighted by Crippen LogP contribution is -2.31. The van der Waals surface area contributed by atoms with Crippen molar-refractivity contribution in [1.29, 1.82) is 0 Å². The smallest absolute Gasteiger partial charge is 0.374 e. The molecule has 10 nitrogen and oxygen atoms in total. The van der Waals surface area contributed by atoms with Gasteiger partial charge >= 0.3 is 6.18 Å². The third-order valence-corrected chi connectivity index (χ3v) is 7.47. The maximum Gasteiger partial charge on any atom is 0.396 e. The molecule has 0 atom stereocenters. The van der Waals surface area contributed by atoms with Crippen LogP contribution in [-0.2, 0) is 28.4 Å². The van der Waals surface area contributed by atoms with E-state index in [9.17, 15) is 26.4 Å². The summed E-state index contributed by atoms with van der Waals surface area (Å²) in [5.41, 5.74) is -1.22. The summed E-state index contributed by atoms with van der Waals surface area (Å²) in [6.07, 6.45) is -1.56. The van der Waals surface area contributed by atoms with E-state index >= 15 is 0 Å². The molecule has 0 spiro atoms. The summed E-state index contributed by atoms with van der Waals surface area (Å²) in [7, 11) is -2.62. The zero-order valence-corrected chi connectivity index (χ0v) is 20.1. The maximum atomic E-state index is 13.0. The number of pyridine rings is 1. The van der Waals surface area contributed by atoms with Gasteiger partial charge in [-0.05, 0) is 38.0 Å². The van der Waals surface area contributed by atoms with E-state index in [-0.39, 0.29) is 40.9 Å². The molecule has 0 aliphatic heterocycles.